The van der Waals surface area contributed by atoms with Gasteiger partial charge in [0.05, 0.1) is 5.75 Å². The standard InChI is InChI=1S/C10H9F3N2O3S/c11-10(12,13)5-15-8(16)4-19-6-1-2-14-7(3-6)9(17)18/h1-3H,4-5H2,(H,15,16)(H,17,18). The minimum absolute atomic E-state index is 0.194. The normalized spacial score (nSPS) is 11.1. The molecule has 0 saturated heterocycles. The molecule has 0 fully saturated rings. The minimum atomic E-state index is -4.45. The summed E-state index contributed by atoms with van der Waals surface area (Å²) >= 11 is 0.928. The van der Waals surface area contributed by atoms with E-state index in [4.69, 9.17) is 5.11 Å². The summed E-state index contributed by atoms with van der Waals surface area (Å²) in [7, 11) is 0. The molecule has 1 aromatic heterocycles. The number of amides is 1. The van der Waals surface area contributed by atoms with Gasteiger partial charge in [-0.25, -0.2) is 9.78 Å². The van der Waals surface area contributed by atoms with Crippen molar-refractivity contribution in [2.75, 3.05) is 12.3 Å². The molecule has 0 saturated carbocycles. The van der Waals surface area contributed by atoms with Gasteiger partial charge in [-0.3, -0.25) is 4.79 Å². The van der Waals surface area contributed by atoms with Crippen molar-refractivity contribution in [3.8, 4) is 0 Å². The van der Waals surface area contributed by atoms with E-state index in [0.717, 1.165) is 11.8 Å². The Morgan fingerprint density at radius 1 is 1.42 bits per heavy atom. The number of thioether (sulfide) groups is 1. The van der Waals surface area contributed by atoms with E-state index in [2.05, 4.69) is 4.98 Å². The summed E-state index contributed by atoms with van der Waals surface area (Å²) in [5.41, 5.74) is -0.194. The Morgan fingerprint density at radius 3 is 2.68 bits per heavy atom. The van der Waals surface area contributed by atoms with Gasteiger partial charge >= 0.3 is 12.1 Å². The molecule has 9 heteroatoms. The molecule has 104 valence electrons. The Bertz CT molecular complexity index is 479. The van der Waals surface area contributed by atoms with Crippen LogP contribution in [0.5, 0.6) is 0 Å². The van der Waals surface area contributed by atoms with Crippen LogP contribution in [-0.4, -0.2) is 40.4 Å². The van der Waals surface area contributed by atoms with Crippen molar-refractivity contribution < 1.29 is 27.9 Å². The van der Waals surface area contributed by atoms with Crippen molar-refractivity contribution in [2.45, 2.75) is 11.1 Å². The summed E-state index contributed by atoms with van der Waals surface area (Å²) in [5, 5.41) is 10.4. The molecule has 0 aliphatic carbocycles. The van der Waals surface area contributed by atoms with Crippen molar-refractivity contribution >= 4 is 23.6 Å². The van der Waals surface area contributed by atoms with Gasteiger partial charge in [0.2, 0.25) is 5.91 Å². The second-order valence-corrected chi connectivity index (χ2v) is 4.41. The van der Waals surface area contributed by atoms with Gasteiger partial charge < -0.3 is 10.4 Å². The number of hydrogen-bond acceptors (Lipinski definition) is 4. The number of pyridine rings is 1. The van der Waals surface area contributed by atoms with Crippen LogP contribution in [-0.2, 0) is 4.79 Å². The Balaban J connectivity index is 2.46. The highest BCUT2D eigenvalue weighted by Crippen LogP contribution is 2.18. The molecule has 0 aliphatic heterocycles. The van der Waals surface area contributed by atoms with Crippen molar-refractivity contribution in [3.63, 3.8) is 0 Å². The van der Waals surface area contributed by atoms with E-state index < -0.39 is 24.6 Å². The first kappa shape index (κ1) is 15.3. The molecule has 0 aromatic carbocycles. The molecule has 5 nitrogen and oxygen atoms in total. The first-order chi connectivity index (χ1) is 8.78. The number of carbonyl (C=O) groups excluding carboxylic acids is 1. The quantitative estimate of drug-likeness (QED) is 0.805. The molecule has 1 amide bonds. The molecule has 19 heavy (non-hydrogen) atoms. The van der Waals surface area contributed by atoms with Gasteiger partial charge in [-0.1, -0.05) is 0 Å². The lowest BCUT2D eigenvalue weighted by Gasteiger charge is -2.08. The molecule has 0 radical (unpaired) electrons. The smallest absolute Gasteiger partial charge is 0.405 e. The first-order valence-electron chi connectivity index (χ1n) is 4.93. The Labute approximate surface area is 110 Å². The van der Waals surface area contributed by atoms with Crippen molar-refractivity contribution in [2.24, 2.45) is 0 Å². The van der Waals surface area contributed by atoms with Gasteiger partial charge in [-0.15, -0.1) is 11.8 Å². The van der Waals surface area contributed by atoms with Crippen LogP contribution in [0.15, 0.2) is 23.2 Å². The third-order valence-corrected chi connectivity index (χ3v) is 2.80. The third kappa shape index (κ3) is 6.09. The van der Waals surface area contributed by atoms with Gasteiger partial charge in [0.1, 0.15) is 12.2 Å². The van der Waals surface area contributed by atoms with E-state index in [-0.39, 0.29) is 11.4 Å². The predicted octanol–water partition coefficient (Wildman–Crippen LogP) is 1.55. The number of hydrogen-bond donors (Lipinski definition) is 2. The maximum Gasteiger partial charge on any atom is 0.405 e. The van der Waals surface area contributed by atoms with E-state index in [1.165, 1.54) is 18.3 Å². The number of carboxylic acids is 1. The monoisotopic (exact) mass is 294 g/mol. The zero-order valence-corrected chi connectivity index (χ0v) is 10.2. The van der Waals surface area contributed by atoms with Gasteiger partial charge in [0, 0.05) is 11.1 Å². The summed E-state index contributed by atoms with van der Waals surface area (Å²) in [6.45, 7) is -1.39. The summed E-state index contributed by atoms with van der Waals surface area (Å²) in [5.74, 6) is -2.24. The molecule has 0 unspecified atom stereocenters. The number of nitrogens with zero attached hydrogens (tertiary/aromatic N) is 1. The number of carbonyl (C=O) groups is 2. The first-order valence-corrected chi connectivity index (χ1v) is 5.92. The lowest BCUT2D eigenvalue weighted by atomic mass is 10.3. The van der Waals surface area contributed by atoms with Crippen LogP contribution in [0.3, 0.4) is 0 Å². The maximum absolute atomic E-state index is 11.8. The fraction of sp³-hybridized carbons (Fsp3) is 0.300. The molecule has 1 heterocycles. The van der Waals surface area contributed by atoms with Crippen LogP contribution in [0.1, 0.15) is 10.5 Å². The van der Waals surface area contributed by atoms with Gasteiger partial charge in [0.15, 0.2) is 0 Å². The van der Waals surface area contributed by atoms with Crippen LogP contribution < -0.4 is 5.32 Å². The van der Waals surface area contributed by atoms with E-state index in [1.54, 1.807) is 5.32 Å². The Morgan fingerprint density at radius 2 is 2.11 bits per heavy atom. The predicted molar refractivity (Wildman–Crippen MR) is 61.0 cm³/mol. The molecule has 0 bridgehead atoms. The zero-order chi connectivity index (χ0) is 14.5. The second kappa shape index (κ2) is 6.41. The molecule has 0 atom stereocenters. The number of alkyl halides is 3. The van der Waals surface area contributed by atoms with Gasteiger partial charge in [-0.05, 0) is 12.1 Å². The van der Waals surface area contributed by atoms with E-state index in [1.807, 2.05) is 0 Å². The largest absolute Gasteiger partial charge is 0.477 e. The fourth-order valence-electron chi connectivity index (χ4n) is 1.02. The number of nitrogens with one attached hydrogen (secondary N) is 1. The second-order valence-electron chi connectivity index (χ2n) is 3.36. The number of aromatic carboxylic acids is 1. The Hall–Kier alpha value is -1.77. The Kier molecular flexibility index (Phi) is 5.16. The van der Waals surface area contributed by atoms with Gasteiger partial charge in [-0.2, -0.15) is 13.2 Å². The number of rotatable bonds is 5. The van der Waals surface area contributed by atoms with Gasteiger partial charge in [0.25, 0.3) is 0 Å². The van der Waals surface area contributed by atoms with Crippen LogP contribution >= 0.6 is 11.8 Å². The number of aromatic nitrogens is 1. The van der Waals surface area contributed by atoms with Crippen molar-refractivity contribution in [3.05, 3.63) is 24.0 Å². The molecule has 0 aliphatic rings. The maximum atomic E-state index is 11.8. The highest BCUT2D eigenvalue weighted by atomic mass is 32.2. The highest BCUT2D eigenvalue weighted by molar-refractivity contribution is 8.00. The zero-order valence-electron chi connectivity index (χ0n) is 9.40. The lowest BCUT2D eigenvalue weighted by molar-refractivity contribution is -0.136. The molecule has 0 spiro atoms. The van der Waals surface area contributed by atoms with Crippen LogP contribution in [0.25, 0.3) is 0 Å². The van der Waals surface area contributed by atoms with E-state index in [9.17, 15) is 22.8 Å². The third-order valence-electron chi connectivity index (χ3n) is 1.81. The summed E-state index contributed by atoms with van der Waals surface area (Å²) in [6, 6.07) is 2.71. The summed E-state index contributed by atoms with van der Waals surface area (Å²) in [6.07, 6.45) is -3.20. The average molecular weight is 294 g/mol. The molecule has 1 aromatic rings. The van der Waals surface area contributed by atoms with E-state index in [0.29, 0.717) is 4.90 Å². The van der Waals surface area contributed by atoms with Crippen LogP contribution in [0, 0.1) is 0 Å². The topological polar surface area (TPSA) is 79.3 Å². The molecule has 1 rings (SSSR count). The fourth-order valence-corrected chi connectivity index (χ4v) is 1.77. The summed E-state index contributed by atoms with van der Waals surface area (Å²) < 4.78 is 35.5. The lowest BCUT2D eigenvalue weighted by Crippen LogP contribution is -2.34. The van der Waals surface area contributed by atoms with Crippen LogP contribution in [0.2, 0.25) is 0 Å². The van der Waals surface area contributed by atoms with E-state index >= 15 is 0 Å². The molecular weight excluding hydrogens is 285 g/mol. The molecular formula is C10H9F3N2O3S. The van der Waals surface area contributed by atoms with Crippen LogP contribution in [0.4, 0.5) is 13.2 Å². The number of halogens is 3. The molecule has 2 N–H and O–H groups in total. The van der Waals surface area contributed by atoms with Crippen molar-refractivity contribution in [1.82, 2.24) is 10.3 Å². The highest BCUT2D eigenvalue weighted by Gasteiger charge is 2.27. The minimum Gasteiger partial charge on any atom is -0.477 e. The SMILES string of the molecule is O=C(CSc1ccnc(C(=O)O)c1)NCC(F)(F)F. The number of carboxylic acid groups (broad SMARTS) is 1. The summed E-state index contributed by atoms with van der Waals surface area (Å²) in [4.78, 5) is 25.8. The average Bonchev–Trinajstić information content (AvgIpc) is 2.33. The van der Waals surface area contributed by atoms with Crippen molar-refractivity contribution in [1.29, 1.82) is 0 Å².